The number of halogens is 1. The van der Waals surface area contributed by atoms with Gasteiger partial charge in [0.25, 0.3) is 0 Å². The molecule has 0 saturated heterocycles. The average molecular weight is 218 g/mol. The Balaban J connectivity index is 0.000000980. The van der Waals surface area contributed by atoms with Crippen molar-refractivity contribution in [3.8, 4) is 0 Å². The number of aliphatic carboxylic acids is 1. The predicted molar refractivity (Wildman–Crippen MR) is 51.5 cm³/mol. The Kier molecular flexibility index (Phi) is 3.10. The lowest BCUT2D eigenvalue weighted by molar-refractivity contribution is -0.142. The maximum Gasteiger partial charge on any atom is 0.307 e. The molecule has 78 valence electrons. The van der Waals surface area contributed by atoms with Gasteiger partial charge in [0.2, 0.25) is 0 Å². The lowest BCUT2D eigenvalue weighted by atomic mass is 9.98. The number of carboxylic acid groups (broad SMARTS) is 1. The minimum atomic E-state index is -0.730. The van der Waals surface area contributed by atoms with E-state index in [1.807, 2.05) is 11.5 Å². The van der Waals surface area contributed by atoms with Gasteiger partial charge in [0.15, 0.2) is 0 Å². The van der Waals surface area contributed by atoms with Crippen molar-refractivity contribution in [1.29, 1.82) is 0 Å². The summed E-state index contributed by atoms with van der Waals surface area (Å²) in [6.07, 6.45) is 1.19. The van der Waals surface area contributed by atoms with Gasteiger partial charge >= 0.3 is 5.97 Å². The Bertz CT molecular complexity index is 350. The molecule has 1 N–H and O–H groups in total. The average Bonchev–Trinajstić information content (AvgIpc) is 2.47. The van der Waals surface area contributed by atoms with Gasteiger partial charge in [0.1, 0.15) is 11.6 Å². The van der Waals surface area contributed by atoms with Crippen LogP contribution in [0.5, 0.6) is 0 Å². The van der Waals surface area contributed by atoms with Gasteiger partial charge < -0.3 is 9.67 Å². The predicted octanol–water partition coefficient (Wildman–Crippen LogP) is 0.655. The summed E-state index contributed by atoms with van der Waals surface area (Å²) in [5.74, 6) is 0.665. The van der Waals surface area contributed by atoms with Crippen molar-refractivity contribution in [3.05, 3.63) is 11.6 Å². The Morgan fingerprint density at radius 1 is 1.57 bits per heavy atom. The van der Waals surface area contributed by atoms with Crippen LogP contribution in [-0.4, -0.2) is 25.8 Å². The van der Waals surface area contributed by atoms with E-state index in [-0.39, 0.29) is 18.3 Å². The molecular formula is C8H12ClN3O2. The van der Waals surface area contributed by atoms with Crippen molar-refractivity contribution in [2.24, 2.45) is 5.92 Å². The smallest absolute Gasteiger partial charge is 0.307 e. The molecule has 6 heteroatoms. The van der Waals surface area contributed by atoms with Crippen LogP contribution in [0.25, 0.3) is 0 Å². The zero-order valence-electron chi connectivity index (χ0n) is 7.80. The summed E-state index contributed by atoms with van der Waals surface area (Å²) in [4.78, 5) is 10.7. The van der Waals surface area contributed by atoms with Crippen LogP contribution in [-0.2, 0) is 17.8 Å². The summed E-state index contributed by atoms with van der Waals surface area (Å²) in [5, 5.41) is 16.7. The second-order valence-electron chi connectivity index (χ2n) is 3.34. The second-order valence-corrected chi connectivity index (χ2v) is 3.34. The van der Waals surface area contributed by atoms with E-state index in [4.69, 9.17) is 5.11 Å². The quantitative estimate of drug-likeness (QED) is 0.750. The Morgan fingerprint density at radius 3 is 2.93 bits per heavy atom. The topological polar surface area (TPSA) is 68.0 Å². The zero-order chi connectivity index (χ0) is 9.42. The van der Waals surface area contributed by atoms with E-state index >= 15 is 0 Å². The van der Waals surface area contributed by atoms with Crippen molar-refractivity contribution in [1.82, 2.24) is 14.8 Å². The molecule has 0 aliphatic carbocycles. The van der Waals surface area contributed by atoms with Crippen LogP contribution in [0.3, 0.4) is 0 Å². The molecule has 5 nitrogen and oxygen atoms in total. The second kappa shape index (κ2) is 3.96. The highest BCUT2D eigenvalue weighted by atomic mass is 35.5. The molecule has 2 heterocycles. The van der Waals surface area contributed by atoms with Gasteiger partial charge in [0, 0.05) is 13.0 Å². The van der Waals surface area contributed by atoms with Crippen molar-refractivity contribution in [2.45, 2.75) is 26.3 Å². The van der Waals surface area contributed by atoms with Gasteiger partial charge in [-0.2, -0.15) is 0 Å². The highest BCUT2D eigenvalue weighted by Gasteiger charge is 2.26. The van der Waals surface area contributed by atoms with Crippen LogP contribution in [0.15, 0.2) is 0 Å². The van der Waals surface area contributed by atoms with Crippen LogP contribution in [0.4, 0.5) is 0 Å². The standard InChI is InChI=1S/C8H11N3O2.ClH/c1-5-9-10-7-4-6(8(12)13)2-3-11(5)7;/h6H,2-4H2,1H3,(H,12,13);1H. The SMILES string of the molecule is Cc1nnc2n1CCC(C(=O)O)C2.Cl. The van der Waals surface area contributed by atoms with Crippen molar-refractivity contribution in [3.63, 3.8) is 0 Å². The van der Waals surface area contributed by atoms with Crippen LogP contribution >= 0.6 is 12.4 Å². The van der Waals surface area contributed by atoms with Crippen molar-refractivity contribution >= 4 is 18.4 Å². The fourth-order valence-corrected chi connectivity index (χ4v) is 1.68. The van der Waals surface area contributed by atoms with Crippen LogP contribution in [0.1, 0.15) is 18.1 Å². The minimum absolute atomic E-state index is 0. The molecule has 1 aromatic rings. The molecule has 1 aliphatic heterocycles. The largest absolute Gasteiger partial charge is 0.481 e. The van der Waals surface area contributed by atoms with E-state index in [1.165, 1.54) is 0 Å². The number of carbonyl (C=O) groups is 1. The molecule has 1 aliphatic rings. The van der Waals surface area contributed by atoms with E-state index in [0.29, 0.717) is 12.8 Å². The van der Waals surface area contributed by atoms with E-state index in [9.17, 15) is 4.79 Å². The van der Waals surface area contributed by atoms with E-state index in [0.717, 1.165) is 18.2 Å². The summed E-state index contributed by atoms with van der Waals surface area (Å²) in [6, 6.07) is 0. The molecule has 0 radical (unpaired) electrons. The number of nitrogens with zero attached hydrogens (tertiary/aromatic N) is 3. The number of fused-ring (bicyclic) bond motifs is 1. The molecule has 0 amide bonds. The fraction of sp³-hybridized carbons (Fsp3) is 0.625. The highest BCUT2D eigenvalue weighted by molar-refractivity contribution is 5.85. The Hall–Kier alpha value is -1.10. The maximum absolute atomic E-state index is 10.7. The molecule has 0 fully saturated rings. The summed E-state index contributed by atoms with van der Waals surface area (Å²) >= 11 is 0. The van der Waals surface area contributed by atoms with Gasteiger partial charge in [-0.05, 0) is 13.3 Å². The molecule has 0 spiro atoms. The van der Waals surface area contributed by atoms with Crippen molar-refractivity contribution in [2.75, 3.05) is 0 Å². The molecule has 0 bridgehead atoms. The molecule has 0 saturated carbocycles. The zero-order valence-corrected chi connectivity index (χ0v) is 8.62. The maximum atomic E-state index is 10.7. The lowest BCUT2D eigenvalue weighted by Gasteiger charge is -2.19. The number of aromatic nitrogens is 3. The number of hydrogen-bond acceptors (Lipinski definition) is 3. The van der Waals surface area contributed by atoms with Gasteiger partial charge in [-0.1, -0.05) is 0 Å². The number of carboxylic acids is 1. The highest BCUT2D eigenvalue weighted by Crippen LogP contribution is 2.19. The normalized spacial score (nSPS) is 19.6. The molecule has 1 atom stereocenters. The number of aryl methyl sites for hydroxylation is 1. The van der Waals surface area contributed by atoms with E-state index in [1.54, 1.807) is 0 Å². The molecule has 1 unspecified atom stereocenters. The third kappa shape index (κ3) is 1.72. The third-order valence-electron chi connectivity index (χ3n) is 2.49. The Labute approximate surface area is 87.6 Å². The van der Waals surface area contributed by atoms with Gasteiger partial charge in [-0.3, -0.25) is 4.79 Å². The van der Waals surface area contributed by atoms with Gasteiger partial charge in [-0.15, -0.1) is 22.6 Å². The summed E-state index contributed by atoms with van der Waals surface area (Å²) in [6.45, 7) is 2.61. The van der Waals surface area contributed by atoms with Gasteiger partial charge in [0.05, 0.1) is 5.92 Å². The first-order valence-electron chi connectivity index (χ1n) is 4.30. The van der Waals surface area contributed by atoms with Gasteiger partial charge in [-0.25, -0.2) is 0 Å². The molecule has 0 aromatic carbocycles. The first-order chi connectivity index (χ1) is 6.18. The first-order valence-corrected chi connectivity index (χ1v) is 4.30. The monoisotopic (exact) mass is 217 g/mol. The van der Waals surface area contributed by atoms with Crippen LogP contribution in [0.2, 0.25) is 0 Å². The number of hydrogen-bond donors (Lipinski definition) is 1. The molecule has 1 aromatic heterocycles. The summed E-state index contributed by atoms with van der Waals surface area (Å²) < 4.78 is 1.99. The molecule has 2 rings (SSSR count). The van der Waals surface area contributed by atoms with Crippen LogP contribution in [0, 0.1) is 12.8 Å². The van der Waals surface area contributed by atoms with Crippen molar-refractivity contribution < 1.29 is 9.90 Å². The Morgan fingerprint density at radius 2 is 2.29 bits per heavy atom. The molecular weight excluding hydrogens is 206 g/mol. The third-order valence-corrected chi connectivity index (χ3v) is 2.49. The van der Waals surface area contributed by atoms with Crippen LogP contribution < -0.4 is 0 Å². The summed E-state index contributed by atoms with van der Waals surface area (Å²) in [5.41, 5.74) is 0. The molecule has 14 heavy (non-hydrogen) atoms. The van der Waals surface area contributed by atoms with E-state index in [2.05, 4.69) is 10.2 Å². The minimum Gasteiger partial charge on any atom is -0.481 e. The number of rotatable bonds is 1. The fourth-order valence-electron chi connectivity index (χ4n) is 1.68. The lowest BCUT2D eigenvalue weighted by Crippen LogP contribution is -2.26. The first kappa shape index (κ1) is 11.0. The summed E-state index contributed by atoms with van der Waals surface area (Å²) in [7, 11) is 0. The van der Waals surface area contributed by atoms with E-state index < -0.39 is 5.97 Å².